The van der Waals surface area contributed by atoms with Crippen molar-refractivity contribution in [2.75, 3.05) is 4.90 Å². The highest BCUT2D eigenvalue weighted by atomic mass is 16.3. The van der Waals surface area contributed by atoms with E-state index in [9.17, 15) is 15.0 Å². The molecular weight excluding hydrogens is 462 g/mol. The van der Waals surface area contributed by atoms with Crippen molar-refractivity contribution in [3.63, 3.8) is 0 Å². The average Bonchev–Trinajstić information content (AvgIpc) is 3.71. The number of carbonyl (C=O) groups is 1. The number of fused-ring (bicyclic) bond motifs is 1. The Bertz CT molecular complexity index is 1390. The van der Waals surface area contributed by atoms with Gasteiger partial charge in [0.15, 0.2) is 0 Å². The number of anilines is 2. The zero-order valence-electron chi connectivity index (χ0n) is 20.7. The fourth-order valence-electron chi connectivity index (χ4n) is 5.35. The fourth-order valence-corrected chi connectivity index (χ4v) is 5.35. The predicted octanol–water partition coefficient (Wildman–Crippen LogP) is 5.88. The molecule has 3 N–H and O–H groups in total. The Morgan fingerprint density at radius 1 is 1.08 bits per heavy atom. The minimum Gasteiger partial charge on any atom is -0.512 e. The molecule has 2 heterocycles. The molecule has 0 saturated heterocycles. The number of benzene rings is 2. The molecule has 2 aliphatic carbocycles. The third-order valence-electron chi connectivity index (χ3n) is 7.95. The van der Waals surface area contributed by atoms with Crippen LogP contribution in [0.2, 0.25) is 0 Å². The maximum atomic E-state index is 12.9. The first-order valence-electron chi connectivity index (χ1n) is 13.0. The van der Waals surface area contributed by atoms with Crippen molar-refractivity contribution in [3.8, 4) is 11.1 Å². The number of amides is 1. The summed E-state index contributed by atoms with van der Waals surface area (Å²) < 4.78 is 0. The molecule has 37 heavy (non-hydrogen) atoms. The largest absolute Gasteiger partial charge is 0.512 e. The van der Waals surface area contributed by atoms with E-state index in [2.05, 4.69) is 53.3 Å². The topological polar surface area (TPSA) is 85.7 Å². The van der Waals surface area contributed by atoms with E-state index < -0.39 is 6.10 Å². The summed E-state index contributed by atoms with van der Waals surface area (Å²) in [6, 6.07) is 20.4. The normalized spacial score (nSPS) is 19.9. The molecule has 1 atom stereocenters. The van der Waals surface area contributed by atoms with Gasteiger partial charge in [0.25, 0.3) is 5.91 Å². The molecule has 1 aliphatic heterocycles. The molecule has 3 aromatic rings. The number of allylic oxidation sites excluding steroid dienone is 1. The number of hydrogen-bond donors (Lipinski definition) is 3. The first kappa shape index (κ1) is 23.5. The van der Waals surface area contributed by atoms with Gasteiger partial charge in [0, 0.05) is 35.1 Å². The van der Waals surface area contributed by atoms with Gasteiger partial charge in [0.05, 0.1) is 11.3 Å². The molecule has 2 saturated carbocycles. The molecule has 0 radical (unpaired) electrons. The van der Waals surface area contributed by atoms with Crippen LogP contribution in [-0.2, 0) is 11.2 Å². The zero-order chi connectivity index (χ0) is 25.6. The lowest BCUT2D eigenvalue weighted by atomic mass is 9.64. The van der Waals surface area contributed by atoms with Gasteiger partial charge in [-0.15, -0.1) is 0 Å². The standard InChI is InChI=1S/C31H31N3O3/c1-20(35)31(14-4-15-31)18-21-8-10-22(11-9-21)23-5-2-6-25(17-23)34-19-27(30(37)33-24-12-13-24)28(36)26-7-3-16-32-29(26)34/h2-3,5-11,16-17,19,24,28,35-36H,1,4,12-15,18H2,(H,33,37). The van der Waals surface area contributed by atoms with E-state index in [-0.39, 0.29) is 17.4 Å². The van der Waals surface area contributed by atoms with Crippen molar-refractivity contribution >= 4 is 17.4 Å². The number of hydrogen-bond acceptors (Lipinski definition) is 5. The fraction of sp³-hybridized carbons (Fsp3) is 0.290. The smallest absolute Gasteiger partial charge is 0.251 e. The van der Waals surface area contributed by atoms with Crippen LogP contribution in [0.3, 0.4) is 0 Å². The second kappa shape index (κ2) is 9.20. The van der Waals surface area contributed by atoms with Crippen LogP contribution >= 0.6 is 0 Å². The zero-order valence-corrected chi connectivity index (χ0v) is 20.7. The maximum Gasteiger partial charge on any atom is 0.251 e. The van der Waals surface area contributed by atoms with E-state index in [0.717, 1.165) is 55.3 Å². The molecule has 188 valence electrons. The van der Waals surface area contributed by atoms with E-state index in [1.165, 1.54) is 5.56 Å². The van der Waals surface area contributed by atoms with Gasteiger partial charge in [0.1, 0.15) is 11.9 Å². The number of aromatic nitrogens is 1. The van der Waals surface area contributed by atoms with Gasteiger partial charge < -0.3 is 20.4 Å². The van der Waals surface area contributed by atoms with Crippen LogP contribution in [0.5, 0.6) is 0 Å². The van der Waals surface area contributed by atoms with Crippen LogP contribution in [0.15, 0.2) is 91.0 Å². The summed E-state index contributed by atoms with van der Waals surface area (Å²) in [5, 5.41) is 24.1. The second-order valence-corrected chi connectivity index (χ2v) is 10.5. The molecule has 3 aliphatic rings. The molecule has 1 aromatic heterocycles. The lowest BCUT2D eigenvalue weighted by molar-refractivity contribution is -0.118. The van der Waals surface area contributed by atoms with Gasteiger partial charge in [-0.1, -0.05) is 55.5 Å². The summed E-state index contributed by atoms with van der Waals surface area (Å²) in [6.07, 6.45) is 8.25. The third kappa shape index (κ3) is 4.42. The summed E-state index contributed by atoms with van der Waals surface area (Å²) in [7, 11) is 0. The van der Waals surface area contributed by atoms with E-state index in [0.29, 0.717) is 22.7 Å². The van der Waals surface area contributed by atoms with Gasteiger partial charge in [-0.3, -0.25) is 4.79 Å². The Morgan fingerprint density at radius 2 is 1.86 bits per heavy atom. The summed E-state index contributed by atoms with van der Waals surface area (Å²) >= 11 is 0. The number of carbonyl (C=O) groups excluding carboxylic acids is 1. The molecular formula is C31H31N3O3. The highest BCUT2D eigenvalue weighted by Gasteiger charge is 2.40. The lowest BCUT2D eigenvalue weighted by Gasteiger charge is -2.41. The molecule has 0 spiro atoms. The van der Waals surface area contributed by atoms with Crippen LogP contribution in [0.1, 0.15) is 49.3 Å². The molecule has 1 amide bonds. The monoisotopic (exact) mass is 493 g/mol. The molecule has 6 nitrogen and oxygen atoms in total. The summed E-state index contributed by atoms with van der Waals surface area (Å²) in [5.41, 5.74) is 4.91. The van der Waals surface area contributed by atoms with Gasteiger partial charge in [-0.25, -0.2) is 4.98 Å². The number of rotatable bonds is 7. The van der Waals surface area contributed by atoms with Crippen LogP contribution in [0.4, 0.5) is 11.5 Å². The lowest BCUT2D eigenvalue weighted by Crippen LogP contribution is -2.33. The number of nitrogens with zero attached hydrogens (tertiary/aromatic N) is 2. The van der Waals surface area contributed by atoms with Crippen molar-refractivity contribution in [1.82, 2.24) is 10.3 Å². The molecule has 6 heteroatoms. The molecule has 2 aromatic carbocycles. The van der Waals surface area contributed by atoms with Gasteiger partial charge in [-0.2, -0.15) is 0 Å². The first-order valence-corrected chi connectivity index (χ1v) is 13.0. The third-order valence-corrected chi connectivity index (χ3v) is 7.95. The van der Waals surface area contributed by atoms with Crippen molar-refractivity contribution in [2.24, 2.45) is 5.41 Å². The maximum absolute atomic E-state index is 12.9. The second-order valence-electron chi connectivity index (χ2n) is 10.5. The predicted molar refractivity (Wildman–Crippen MR) is 144 cm³/mol. The minimum absolute atomic E-state index is 0.170. The SMILES string of the molecule is C=C(O)C1(Cc2ccc(-c3cccc(N4C=C(C(=O)NC5CC5)C(O)c5cccnc54)c3)cc2)CCC1. The van der Waals surface area contributed by atoms with Crippen molar-refractivity contribution < 1.29 is 15.0 Å². The van der Waals surface area contributed by atoms with E-state index in [1.807, 2.05) is 23.1 Å². The van der Waals surface area contributed by atoms with Gasteiger partial charge >= 0.3 is 0 Å². The Kier molecular flexibility index (Phi) is 5.84. The summed E-state index contributed by atoms with van der Waals surface area (Å²) in [5.74, 6) is 0.672. The van der Waals surface area contributed by atoms with Gasteiger partial charge in [-0.05, 0) is 67.0 Å². The summed E-state index contributed by atoms with van der Waals surface area (Å²) in [4.78, 5) is 19.3. The van der Waals surface area contributed by atoms with Gasteiger partial charge in [0.2, 0.25) is 0 Å². The molecule has 6 rings (SSSR count). The molecule has 1 unspecified atom stereocenters. The Hall–Kier alpha value is -3.90. The first-order chi connectivity index (χ1) is 17.9. The number of aliphatic hydroxyl groups is 2. The van der Waals surface area contributed by atoms with Crippen LogP contribution in [0, 0.1) is 5.41 Å². The number of aliphatic hydroxyl groups excluding tert-OH is 2. The number of nitrogens with one attached hydrogen (secondary N) is 1. The van der Waals surface area contributed by atoms with Crippen molar-refractivity contribution in [2.45, 2.75) is 50.7 Å². The Labute approximate surface area is 217 Å². The Balaban J connectivity index is 1.30. The van der Waals surface area contributed by atoms with Crippen LogP contribution in [-0.4, -0.2) is 27.1 Å². The van der Waals surface area contributed by atoms with Crippen molar-refractivity contribution in [3.05, 3.63) is 102 Å². The molecule has 2 fully saturated rings. The van der Waals surface area contributed by atoms with Crippen LogP contribution in [0.25, 0.3) is 11.1 Å². The van der Waals surface area contributed by atoms with E-state index in [4.69, 9.17) is 0 Å². The highest BCUT2D eigenvalue weighted by Crippen LogP contribution is 2.48. The minimum atomic E-state index is -1.02. The van der Waals surface area contributed by atoms with Crippen LogP contribution < -0.4 is 10.2 Å². The van der Waals surface area contributed by atoms with E-state index >= 15 is 0 Å². The highest BCUT2D eigenvalue weighted by molar-refractivity contribution is 5.97. The Morgan fingerprint density at radius 3 is 2.54 bits per heavy atom. The average molecular weight is 494 g/mol. The quantitative estimate of drug-likeness (QED) is 0.358. The van der Waals surface area contributed by atoms with E-state index in [1.54, 1.807) is 18.5 Å². The summed E-state index contributed by atoms with van der Waals surface area (Å²) in [6.45, 7) is 3.82. The van der Waals surface area contributed by atoms with Crippen molar-refractivity contribution in [1.29, 1.82) is 0 Å². The molecule has 0 bridgehead atoms. The number of pyridine rings is 1.